The molecular weight excluding hydrogens is 707 g/mol. The second kappa shape index (κ2) is 11.8. The molecule has 0 aliphatic heterocycles. The fourth-order valence-corrected chi connectivity index (χ4v) is 9.74. The lowest BCUT2D eigenvalue weighted by Crippen LogP contribution is -1.97. The Morgan fingerprint density at radius 1 is 0.276 bits per heavy atom. The number of benzene rings is 9. The molecule has 0 aliphatic rings. The fraction of sp³-hybridized carbons (Fsp3) is 0. The highest BCUT2D eigenvalue weighted by atomic mass is 16.3. The van der Waals surface area contributed by atoms with Gasteiger partial charge in [0.2, 0.25) is 0 Å². The van der Waals surface area contributed by atoms with Crippen molar-refractivity contribution in [3.63, 3.8) is 0 Å². The average molecular weight is 740 g/mol. The molecule has 0 fully saturated rings. The Morgan fingerprint density at radius 3 is 1.34 bits per heavy atom. The number of hydrogen-bond acceptors (Lipinski definition) is 1. The molecular formula is C54H33N3O. The summed E-state index contributed by atoms with van der Waals surface area (Å²) in [5.74, 6) is 0. The summed E-state index contributed by atoms with van der Waals surface area (Å²) in [5, 5.41) is 9.63. The monoisotopic (exact) mass is 739 g/mol. The van der Waals surface area contributed by atoms with Crippen molar-refractivity contribution in [2.75, 3.05) is 0 Å². The van der Waals surface area contributed by atoms with Crippen LogP contribution in [0.2, 0.25) is 0 Å². The molecule has 0 bridgehead atoms. The number of furan rings is 1. The van der Waals surface area contributed by atoms with Crippen LogP contribution >= 0.6 is 0 Å². The van der Waals surface area contributed by atoms with Gasteiger partial charge in [0.05, 0.1) is 44.2 Å². The molecule has 4 heterocycles. The highest BCUT2D eigenvalue weighted by Gasteiger charge is 2.21. The standard InChI is InChI=1S/C54H33N3O/c1-2-13-34(14-3-1)35-25-30-52-44(31-35)54-51(23-12-24-53(54)58-52)57-48-22-11-7-18-41(48)43-33-37(27-29-50(43)57)56-47-21-10-6-17-40(47)42-32-36(26-28-49(42)56)55-45-19-8-4-15-38(45)39-16-5-9-20-46(39)55/h1-33H. The zero-order chi connectivity index (χ0) is 37.9. The lowest BCUT2D eigenvalue weighted by Gasteiger charge is -2.12. The molecule has 0 aliphatic carbocycles. The Hall–Kier alpha value is -7.82. The van der Waals surface area contributed by atoms with Crippen LogP contribution in [0.4, 0.5) is 0 Å². The largest absolute Gasteiger partial charge is 0.456 e. The first-order valence-electron chi connectivity index (χ1n) is 19.8. The minimum Gasteiger partial charge on any atom is -0.456 e. The topological polar surface area (TPSA) is 27.9 Å². The van der Waals surface area contributed by atoms with Crippen LogP contribution < -0.4 is 0 Å². The molecule has 0 spiro atoms. The normalized spacial score (nSPS) is 12.1. The van der Waals surface area contributed by atoms with Crippen molar-refractivity contribution in [1.82, 2.24) is 13.7 Å². The molecule has 13 aromatic rings. The number of hydrogen-bond donors (Lipinski definition) is 0. The van der Waals surface area contributed by atoms with Crippen molar-refractivity contribution in [2.45, 2.75) is 0 Å². The number of fused-ring (bicyclic) bond motifs is 12. The summed E-state index contributed by atoms with van der Waals surface area (Å²) >= 11 is 0. The third-order valence-electron chi connectivity index (χ3n) is 12.2. The summed E-state index contributed by atoms with van der Waals surface area (Å²) < 4.78 is 13.8. The first kappa shape index (κ1) is 31.4. The van der Waals surface area contributed by atoms with Gasteiger partial charge in [-0.05, 0) is 96.1 Å². The van der Waals surface area contributed by atoms with E-state index < -0.39 is 0 Å². The number of para-hydroxylation sites is 4. The van der Waals surface area contributed by atoms with Crippen LogP contribution in [-0.2, 0) is 0 Å². The maximum Gasteiger partial charge on any atom is 0.137 e. The summed E-state index contributed by atoms with van der Waals surface area (Å²) in [6, 6.07) is 72.5. The molecule has 0 unspecified atom stereocenters. The van der Waals surface area contributed by atoms with Gasteiger partial charge >= 0.3 is 0 Å². The zero-order valence-electron chi connectivity index (χ0n) is 31.3. The summed E-state index contributed by atoms with van der Waals surface area (Å²) in [7, 11) is 0. The van der Waals surface area contributed by atoms with E-state index in [-0.39, 0.29) is 0 Å². The van der Waals surface area contributed by atoms with E-state index in [1.54, 1.807) is 0 Å². The fourth-order valence-electron chi connectivity index (χ4n) is 9.74. The van der Waals surface area contributed by atoms with Gasteiger partial charge in [-0.2, -0.15) is 0 Å². The Bertz CT molecular complexity index is 3750. The highest BCUT2D eigenvalue weighted by molar-refractivity contribution is 6.16. The SMILES string of the molecule is c1ccc(-c2ccc3oc4cccc(-n5c6ccccc6c6cc(-n7c8ccccc8c8cc(-n9c%10ccccc%10c%10ccccc%109)ccc87)ccc65)c4c3c2)cc1. The molecule has 0 radical (unpaired) electrons. The molecule has 0 saturated carbocycles. The molecule has 0 saturated heterocycles. The van der Waals surface area contributed by atoms with E-state index in [1.165, 1.54) is 65.5 Å². The van der Waals surface area contributed by atoms with Gasteiger partial charge in [0, 0.05) is 49.1 Å². The first-order chi connectivity index (χ1) is 28.8. The molecule has 0 N–H and O–H groups in total. The summed E-state index contributed by atoms with van der Waals surface area (Å²) in [4.78, 5) is 0. The molecule has 270 valence electrons. The zero-order valence-corrected chi connectivity index (χ0v) is 31.3. The molecule has 4 nitrogen and oxygen atoms in total. The van der Waals surface area contributed by atoms with E-state index in [9.17, 15) is 0 Å². The van der Waals surface area contributed by atoms with E-state index in [2.05, 4.69) is 214 Å². The minimum atomic E-state index is 0.880. The predicted molar refractivity (Wildman–Crippen MR) is 242 cm³/mol. The van der Waals surface area contributed by atoms with Gasteiger partial charge in [-0.3, -0.25) is 0 Å². The number of aromatic nitrogens is 3. The lowest BCUT2D eigenvalue weighted by molar-refractivity contribution is 0.669. The van der Waals surface area contributed by atoms with Crippen molar-refractivity contribution in [2.24, 2.45) is 0 Å². The Morgan fingerprint density at radius 2 is 0.759 bits per heavy atom. The average Bonchev–Trinajstić information content (AvgIpc) is 4.02. The molecule has 58 heavy (non-hydrogen) atoms. The smallest absolute Gasteiger partial charge is 0.137 e. The van der Waals surface area contributed by atoms with Crippen LogP contribution in [-0.4, -0.2) is 13.7 Å². The molecule has 4 aromatic heterocycles. The Labute approximate surface area is 332 Å². The molecule has 4 heteroatoms. The predicted octanol–water partition coefficient (Wildman–Crippen LogP) is 14.5. The lowest BCUT2D eigenvalue weighted by atomic mass is 10.0. The highest BCUT2D eigenvalue weighted by Crippen LogP contribution is 2.42. The number of rotatable bonds is 4. The maximum atomic E-state index is 6.51. The van der Waals surface area contributed by atoms with Gasteiger partial charge in [-0.15, -0.1) is 0 Å². The maximum absolute atomic E-state index is 6.51. The van der Waals surface area contributed by atoms with E-state index in [4.69, 9.17) is 4.42 Å². The van der Waals surface area contributed by atoms with E-state index in [0.29, 0.717) is 0 Å². The van der Waals surface area contributed by atoms with Crippen LogP contribution in [0.5, 0.6) is 0 Å². The molecule has 13 rings (SSSR count). The molecule has 9 aromatic carbocycles. The third-order valence-corrected chi connectivity index (χ3v) is 12.2. The van der Waals surface area contributed by atoms with Gasteiger partial charge in [-0.1, -0.05) is 115 Å². The summed E-state index contributed by atoms with van der Waals surface area (Å²) in [6.45, 7) is 0. The van der Waals surface area contributed by atoms with Crippen molar-refractivity contribution in [3.05, 3.63) is 200 Å². The Kier molecular flexibility index (Phi) is 6.41. The van der Waals surface area contributed by atoms with Crippen molar-refractivity contribution < 1.29 is 4.42 Å². The number of nitrogens with zero attached hydrogens (tertiary/aromatic N) is 3. The van der Waals surface area contributed by atoms with Crippen LogP contribution in [0.3, 0.4) is 0 Å². The van der Waals surface area contributed by atoms with E-state index >= 15 is 0 Å². The molecule has 0 atom stereocenters. The van der Waals surface area contributed by atoms with Crippen molar-refractivity contribution >= 4 is 87.4 Å². The van der Waals surface area contributed by atoms with Gasteiger partial charge in [-0.25, -0.2) is 0 Å². The quantitative estimate of drug-likeness (QED) is 0.177. The van der Waals surface area contributed by atoms with Crippen LogP contribution in [0.25, 0.3) is 116 Å². The van der Waals surface area contributed by atoms with Gasteiger partial charge in [0.1, 0.15) is 11.2 Å². The van der Waals surface area contributed by atoms with Crippen molar-refractivity contribution in [1.29, 1.82) is 0 Å². The summed E-state index contributed by atoms with van der Waals surface area (Å²) in [6.07, 6.45) is 0. The van der Waals surface area contributed by atoms with Gasteiger partial charge in [0.25, 0.3) is 0 Å². The summed E-state index contributed by atoms with van der Waals surface area (Å²) in [5.41, 5.74) is 14.6. The van der Waals surface area contributed by atoms with E-state index in [0.717, 1.165) is 50.0 Å². The second-order valence-electron chi connectivity index (χ2n) is 15.3. The molecule has 0 amide bonds. The van der Waals surface area contributed by atoms with Crippen LogP contribution in [0.1, 0.15) is 0 Å². The van der Waals surface area contributed by atoms with E-state index in [1.807, 2.05) is 0 Å². The second-order valence-corrected chi connectivity index (χ2v) is 15.3. The van der Waals surface area contributed by atoms with Gasteiger partial charge < -0.3 is 18.1 Å². The van der Waals surface area contributed by atoms with Gasteiger partial charge in [0.15, 0.2) is 0 Å². The van der Waals surface area contributed by atoms with Crippen molar-refractivity contribution in [3.8, 4) is 28.2 Å². The van der Waals surface area contributed by atoms with Crippen LogP contribution in [0.15, 0.2) is 205 Å². The first-order valence-corrected chi connectivity index (χ1v) is 19.8. The third kappa shape index (κ3) is 4.34. The van der Waals surface area contributed by atoms with Crippen LogP contribution in [0, 0.1) is 0 Å². The minimum absolute atomic E-state index is 0.880. The Balaban J connectivity index is 1.03.